The Morgan fingerprint density at radius 2 is 2.14 bits per heavy atom. The van der Waals surface area contributed by atoms with E-state index in [1.807, 2.05) is 18.2 Å². The minimum atomic E-state index is -0.0149. The molecule has 114 valence electrons. The lowest BCUT2D eigenvalue weighted by atomic mass is 9.74. The fourth-order valence-corrected chi connectivity index (χ4v) is 3.03. The first-order chi connectivity index (χ1) is 10.2. The van der Waals surface area contributed by atoms with Crippen LogP contribution >= 0.6 is 11.6 Å². The van der Waals surface area contributed by atoms with E-state index in [9.17, 15) is 0 Å². The summed E-state index contributed by atoms with van der Waals surface area (Å²) in [5.74, 6) is 0.561. The normalized spacial score (nSPS) is 22.0. The van der Waals surface area contributed by atoms with Gasteiger partial charge in [-0.05, 0) is 43.4 Å². The Labute approximate surface area is 130 Å². The highest BCUT2D eigenvalue weighted by molar-refractivity contribution is 6.30. The van der Waals surface area contributed by atoms with Crippen LogP contribution in [0.25, 0.3) is 0 Å². The Kier molecular flexibility index (Phi) is 4.36. The molecule has 0 spiro atoms. The molecule has 4 nitrogen and oxygen atoms in total. The molecule has 1 aromatic rings. The first kappa shape index (κ1) is 14.7. The second-order valence-corrected chi connectivity index (χ2v) is 6.46. The van der Waals surface area contributed by atoms with Crippen molar-refractivity contribution in [3.05, 3.63) is 34.9 Å². The van der Waals surface area contributed by atoms with E-state index >= 15 is 0 Å². The fraction of sp³-hybridized carbons (Fsp3) is 0.562. The molecule has 1 aliphatic heterocycles. The van der Waals surface area contributed by atoms with Gasteiger partial charge in [-0.25, -0.2) is 0 Å². The molecule has 3 N–H and O–H groups in total. The van der Waals surface area contributed by atoms with Crippen molar-refractivity contribution in [2.75, 3.05) is 19.8 Å². The largest absolute Gasteiger partial charge is 0.381 e. The number of nitrogens with zero attached hydrogens (tertiary/aromatic N) is 1. The van der Waals surface area contributed by atoms with E-state index in [2.05, 4.69) is 16.4 Å². The average Bonchev–Trinajstić information content (AvgIpc) is 3.30. The second-order valence-electron chi connectivity index (χ2n) is 6.02. The highest BCUT2D eigenvalue weighted by atomic mass is 35.5. The van der Waals surface area contributed by atoms with Crippen LogP contribution in [-0.4, -0.2) is 31.8 Å². The number of benzene rings is 1. The predicted molar refractivity (Wildman–Crippen MR) is 85.8 cm³/mol. The Hall–Kier alpha value is -1.26. The summed E-state index contributed by atoms with van der Waals surface area (Å²) in [6, 6.07) is 8.63. The smallest absolute Gasteiger partial charge is 0.188 e. The summed E-state index contributed by atoms with van der Waals surface area (Å²) >= 11 is 6.16. The van der Waals surface area contributed by atoms with E-state index in [4.69, 9.17) is 22.1 Å². The van der Waals surface area contributed by atoms with Gasteiger partial charge in [0.1, 0.15) is 0 Å². The van der Waals surface area contributed by atoms with E-state index in [0.29, 0.717) is 18.5 Å². The second kappa shape index (κ2) is 6.24. The number of nitrogens with two attached hydrogens (primary N) is 1. The van der Waals surface area contributed by atoms with Gasteiger partial charge in [-0.3, -0.25) is 4.99 Å². The summed E-state index contributed by atoms with van der Waals surface area (Å²) in [4.78, 5) is 4.59. The minimum absolute atomic E-state index is 0.0149. The number of hydrogen-bond acceptors (Lipinski definition) is 2. The minimum Gasteiger partial charge on any atom is -0.381 e. The molecule has 0 bridgehead atoms. The number of rotatable bonds is 4. The van der Waals surface area contributed by atoms with Gasteiger partial charge in [-0.15, -0.1) is 0 Å². The van der Waals surface area contributed by atoms with Gasteiger partial charge in [0, 0.05) is 29.7 Å². The quantitative estimate of drug-likeness (QED) is 0.663. The maximum absolute atomic E-state index is 6.16. The molecule has 1 heterocycles. The van der Waals surface area contributed by atoms with Crippen LogP contribution in [0.1, 0.15) is 31.2 Å². The highest BCUT2D eigenvalue weighted by Crippen LogP contribution is 2.36. The molecule has 1 aliphatic carbocycles. The average molecular weight is 308 g/mol. The van der Waals surface area contributed by atoms with E-state index in [1.54, 1.807) is 0 Å². The third-order valence-electron chi connectivity index (χ3n) is 4.37. The van der Waals surface area contributed by atoms with Crippen molar-refractivity contribution < 1.29 is 4.74 Å². The van der Waals surface area contributed by atoms with Crippen molar-refractivity contribution in [1.82, 2.24) is 5.32 Å². The third kappa shape index (κ3) is 3.69. The zero-order valence-electron chi connectivity index (χ0n) is 12.1. The van der Waals surface area contributed by atoms with Gasteiger partial charge in [-0.2, -0.15) is 0 Å². The number of ether oxygens (including phenoxy) is 1. The lowest BCUT2D eigenvalue weighted by Gasteiger charge is -2.36. The molecule has 0 unspecified atom stereocenters. The molecule has 0 atom stereocenters. The summed E-state index contributed by atoms with van der Waals surface area (Å²) in [6.45, 7) is 2.21. The highest BCUT2D eigenvalue weighted by Gasteiger charge is 2.34. The molecule has 5 heteroatoms. The summed E-state index contributed by atoms with van der Waals surface area (Å²) < 4.78 is 5.53. The number of halogens is 1. The fourth-order valence-electron chi connectivity index (χ4n) is 2.84. The summed E-state index contributed by atoms with van der Waals surface area (Å²) in [7, 11) is 0. The first-order valence-corrected chi connectivity index (χ1v) is 7.96. The molecule has 1 saturated heterocycles. The molecule has 21 heavy (non-hydrogen) atoms. The van der Waals surface area contributed by atoms with Gasteiger partial charge in [0.15, 0.2) is 5.96 Å². The van der Waals surface area contributed by atoms with Crippen LogP contribution in [0.5, 0.6) is 0 Å². The van der Waals surface area contributed by atoms with Gasteiger partial charge >= 0.3 is 0 Å². The molecular weight excluding hydrogens is 286 g/mol. The summed E-state index contributed by atoms with van der Waals surface area (Å²) in [5.41, 5.74) is 7.20. The number of guanidine groups is 1. The number of nitrogens with one attached hydrogen (secondary N) is 1. The van der Waals surface area contributed by atoms with Gasteiger partial charge in [0.05, 0.1) is 6.54 Å². The molecule has 0 amide bonds. The molecule has 1 aromatic carbocycles. The van der Waals surface area contributed by atoms with E-state index in [0.717, 1.165) is 31.1 Å². The van der Waals surface area contributed by atoms with Crippen molar-refractivity contribution in [3.63, 3.8) is 0 Å². The Morgan fingerprint density at radius 3 is 2.81 bits per heavy atom. The van der Waals surface area contributed by atoms with Crippen molar-refractivity contribution in [3.8, 4) is 0 Å². The lowest BCUT2D eigenvalue weighted by molar-refractivity contribution is 0.0531. The monoisotopic (exact) mass is 307 g/mol. The van der Waals surface area contributed by atoms with Crippen molar-refractivity contribution in [2.45, 2.75) is 37.1 Å². The number of aliphatic imine (C=N–C) groups is 1. The Bertz CT molecular complexity index is 522. The third-order valence-corrected chi connectivity index (χ3v) is 4.60. The first-order valence-electron chi connectivity index (χ1n) is 7.58. The van der Waals surface area contributed by atoms with Crippen LogP contribution in [0.15, 0.2) is 29.3 Å². The molecule has 3 rings (SSSR count). The van der Waals surface area contributed by atoms with Crippen molar-refractivity contribution >= 4 is 17.6 Å². The SMILES string of the molecule is NC(=NCC1(c2cccc(Cl)c2)CCOCC1)NC1CC1. The van der Waals surface area contributed by atoms with E-state index < -0.39 is 0 Å². The number of hydrogen-bond donors (Lipinski definition) is 2. The molecule has 1 saturated carbocycles. The van der Waals surface area contributed by atoms with Crippen LogP contribution in [0.4, 0.5) is 0 Å². The van der Waals surface area contributed by atoms with Gasteiger partial charge < -0.3 is 15.8 Å². The Balaban J connectivity index is 1.79. The molecule has 0 radical (unpaired) electrons. The molecule has 2 fully saturated rings. The van der Waals surface area contributed by atoms with Crippen LogP contribution in [-0.2, 0) is 10.2 Å². The maximum atomic E-state index is 6.16. The molecular formula is C16H22ClN3O. The van der Waals surface area contributed by atoms with Crippen LogP contribution < -0.4 is 11.1 Å². The van der Waals surface area contributed by atoms with Gasteiger partial charge in [0.25, 0.3) is 0 Å². The molecule has 0 aromatic heterocycles. The van der Waals surface area contributed by atoms with Crippen LogP contribution in [0.2, 0.25) is 5.02 Å². The van der Waals surface area contributed by atoms with Crippen molar-refractivity contribution in [1.29, 1.82) is 0 Å². The zero-order chi connectivity index (χ0) is 14.7. The standard InChI is InChI=1S/C16H22ClN3O/c17-13-3-1-2-12(10-13)16(6-8-21-9-7-16)11-19-15(18)20-14-4-5-14/h1-3,10,14H,4-9,11H2,(H3,18,19,20). The Morgan fingerprint density at radius 1 is 1.38 bits per heavy atom. The maximum Gasteiger partial charge on any atom is 0.188 e. The lowest BCUT2D eigenvalue weighted by Crippen LogP contribution is -2.39. The van der Waals surface area contributed by atoms with E-state index in [1.165, 1.54) is 18.4 Å². The van der Waals surface area contributed by atoms with Gasteiger partial charge in [0.2, 0.25) is 0 Å². The summed E-state index contributed by atoms with van der Waals surface area (Å²) in [5, 5.41) is 4.01. The zero-order valence-corrected chi connectivity index (χ0v) is 12.9. The van der Waals surface area contributed by atoms with Crippen LogP contribution in [0.3, 0.4) is 0 Å². The van der Waals surface area contributed by atoms with Crippen LogP contribution in [0, 0.1) is 0 Å². The predicted octanol–water partition coefficient (Wildman–Crippen LogP) is 2.45. The molecule has 2 aliphatic rings. The van der Waals surface area contributed by atoms with Gasteiger partial charge in [-0.1, -0.05) is 23.7 Å². The van der Waals surface area contributed by atoms with E-state index in [-0.39, 0.29) is 5.41 Å². The van der Waals surface area contributed by atoms with Crippen molar-refractivity contribution in [2.24, 2.45) is 10.7 Å². The summed E-state index contributed by atoms with van der Waals surface area (Å²) in [6.07, 6.45) is 4.30. The topological polar surface area (TPSA) is 59.6 Å².